The largest absolute Gasteiger partial charge is 0.394 e. The summed E-state index contributed by atoms with van der Waals surface area (Å²) in [6, 6.07) is 1.31. The highest BCUT2D eigenvalue weighted by atomic mass is 16.7. The molecule has 1 saturated heterocycles. The molecule has 5 atom stereocenters. The van der Waals surface area contributed by atoms with E-state index in [4.69, 9.17) is 19.4 Å². The summed E-state index contributed by atoms with van der Waals surface area (Å²) >= 11 is 0. The summed E-state index contributed by atoms with van der Waals surface area (Å²) in [6.07, 6.45) is -4.49. The van der Waals surface area contributed by atoms with E-state index < -0.39 is 48.9 Å². The number of ether oxygens (including phenoxy) is 2. The van der Waals surface area contributed by atoms with Crippen LogP contribution in [0.5, 0.6) is 0 Å². The molecule has 0 amide bonds. The molecule has 0 spiro atoms. The summed E-state index contributed by atoms with van der Waals surface area (Å²) in [7, 11) is 1.34. The Hall–Kier alpha value is -2.05. The number of carbonyl (C=O) groups is 1. The number of anilines is 1. The Kier molecular flexibility index (Phi) is 5.85. The van der Waals surface area contributed by atoms with Crippen LogP contribution in [0.3, 0.4) is 0 Å². The van der Waals surface area contributed by atoms with Crippen molar-refractivity contribution in [1.82, 2.24) is 9.55 Å². The van der Waals surface area contributed by atoms with Crippen LogP contribution >= 0.6 is 0 Å². The molecule has 11 heteroatoms. The summed E-state index contributed by atoms with van der Waals surface area (Å²) in [5.74, 6) is -0.744. The van der Waals surface area contributed by atoms with Crippen LogP contribution in [-0.2, 0) is 19.1 Å². The van der Waals surface area contributed by atoms with E-state index >= 15 is 0 Å². The Balaban J connectivity index is 2.08. The second-order valence-corrected chi connectivity index (χ2v) is 5.13. The topological polar surface area (TPSA) is 152 Å². The molecule has 4 N–H and O–H groups in total. The average molecular weight is 345 g/mol. The first-order valence-corrected chi connectivity index (χ1v) is 7.10. The van der Waals surface area contributed by atoms with Crippen LogP contribution in [0.4, 0.5) is 5.82 Å². The van der Waals surface area contributed by atoms with Crippen molar-refractivity contribution in [1.29, 1.82) is 0 Å². The standard InChI is InChI=1S/C13H19N3O8/c1-6(22-2)12(20)24-15-8-3-4-16(13(21)14-8)11-10(19)9(18)7(5-17)23-11/h3-4,6-7,9-11,17-19H,5H2,1-2H3,(H,14,15,21)/t6-,7+,9+,10+,11+/m0/s1. The van der Waals surface area contributed by atoms with E-state index in [2.05, 4.69) is 10.5 Å². The van der Waals surface area contributed by atoms with Crippen molar-refractivity contribution in [2.45, 2.75) is 37.6 Å². The molecule has 0 radical (unpaired) electrons. The zero-order valence-electron chi connectivity index (χ0n) is 13.0. The molecule has 0 unspecified atom stereocenters. The molecular formula is C13H19N3O8. The van der Waals surface area contributed by atoms with E-state index in [1.807, 2.05) is 0 Å². The fourth-order valence-electron chi connectivity index (χ4n) is 2.05. The van der Waals surface area contributed by atoms with Crippen LogP contribution < -0.4 is 11.2 Å². The van der Waals surface area contributed by atoms with Crippen molar-refractivity contribution in [3.8, 4) is 0 Å². The highest BCUT2D eigenvalue weighted by molar-refractivity contribution is 5.74. The summed E-state index contributed by atoms with van der Waals surface area (Å²) in [5, 5.41) is 28.7. The minimum absolute atomic E-state index is 0.0420. The van der Waals surface area contributed by atoms with Crippen LogP contribution in [-0.4, -0.2) is 69.0 Å². The van der Waals surface area contributed by atoms with Gasteiger partial charge in [0, 0.05) is 19.4 Å². The highest BCUT2D eigenvalue weighted by Crippen LogP contribution is 2.28. The lowest BCUT2D eigenvalue weighted by Gasteiger charge is -2.17. The average Bonchev–Trinajstić information content (AvgIpc) is 2.87. The lowest BCUT2D eigenvalue weighted by molar-refractivity contribution is -0.151. The quantitative estimate of drug-likeness (QED) is 0.416. The molecule has 1 aliphatic heterocycles. The number of hydrogen-bond acceptors (Lipinski definition) is 10. The van der Waals surface area contributed by atoms with Gasteiger partial charge >= 0.3 is 11.7 Å². The number of aliphatic hydroxyl groups is 3. The maximum absolute atomic E-state index is 12.0. The molecule has 0 saturated carbocycles. The van der Waals surface area contributed by atoms with Crippen LogP contribution in [0.25, 0.3) is 0 Å². The van der Waals surface area contributed by atoms with Gasteiger partial charge in [0.1, 0.15) is 18.3 Å². The van der Waals surface area contributed by atoms with Gasteiger partial charge in [0.25, 0.3) is 0 Å². The van der Waals surface area contributed by atoms with Gasteiger partial charge in [0.2, 0.25) is 0 Å². The SMILES string of the molecule is CO[C@@H](C)C(=O)ONc1ccn([C@@H]2O[C@H](CO)[C@@H](O)[C@H]2O)c(=O)n1. The normalized spacial score (nSPS) is 27.7. The first-order valence-electron chi connectivity index (χ1n) is 7.10. The number of hydrogen-bond donors (Lipinski definition) is 4. The molecule has 134 valence electrons. The molecule has 11 nitrogen and oxygen atoms in total. The van der Waals surface area contributed by atoms with Gasteiger partial charge in [-0.2, -0.15) is 4.98 Å². The van der Waals surface area contributed by atoms with E-state index in [0.717, 1.165) is 4.57 Å². The number of aromatic nitrogens is 2. The third kappa shape index (κ3) is 3.71. The maximum atomic E-state index is 12.0. The molecule has 24 heavy (non-hydrogen) atoms. The van der Waals surface area contributed by atoms with Crippen molar-refractivity contribution < 1.29 is 34.4 Å². The summed E-state index contributed by atoms with van der Waals surface area (Å²) < 4.78 is 11.0. The number of nitrogens with one attached hydrogen (secondary N) is 1. The molecule has 1 aromatic rings. The minimum atomic E-state index is -1.40. The van der Waals surface area contributed by atoms with E-state index in [-0.39, 0.29) is 5.82 Å². The second-order valence-electron chi connectivity index (χ2n) is 5.13. The van der Waals surface area contributed by atoms with Crippen LogP contribution in [0, 0.1) is 0 Å². The van der Waals surface area contributed by atoms with Crippen molar-refractivity contribution in [2.75, 3.05) is 19.2 Å². The molecule has 1 aliphatic rings. The number of methoxy groups -OCH3 is 1. The lowest BCUT2D eigenvalue weighted by atomic mass is 10.1. The summed E-state index contributed by atoms with van der Waals surface area (Å²) in [5.41, 5.74) is 1.40. The van der Waals surface area contributed by atoms with Gasteiger partial charge in [-0.3, -0.25) is 4.57 Å². The van der Waals surface area contributed by atoms with Crippen molar-refractivity contribution >= 4 is 11.8 Å². The van der Waals surface area contributed by atoms with Crippen LogP contribution in [0.2, 0.25) is 0 Å². The molecule has 0 aliphatic carbocycles. The van der Waals surface area contributed by atoms with Gasteiger partial charge in [-0.05, 0) is 6.92 Å². The Morgan fingerprint density at radius 1 is 1.50 bits per heavy atom. The van der Waals surface area contributed by atoms with Gasteiger partial charge < -0.3 is 29.6 Å². The van der Waals surface area contributed by atoms with Gasteiger partial charge in [0.05, 0.1) is 6.61 Å². The van der Waals surface area contributed by atoms with Gasteiger partial charge in [0.15, 0.2) is 18.1 Å². The summed E-state index contributed by atoms with van der Waals surface area (Å²) in [6.45, 7) is 0.974. The van der Waals surface area contributed by atoms with E-state index in [9.17, 15) is 19.8 Å². The first-order chi connectivity index (χ1) is 11.4. The first kappa shape index (κ1) is 18.3. The Bertz CT molecular complexity index is 636. The number of carbonyl (C=O) groups excluding carboxylic acids is 1. The van der Waals surface area contributed by atoms with Crippen LogP contribution in [0.1, 0.15) is 13.2 Å². The van der Waals surface area contributed by atoms with Gasteiger partial charge in [-0.25, -0.2) is 15.1 Å². The third-order valence-corrected chi connectivity index (χ3v) is 3.56. The molecule has 0 aromatic carbocycles. The van der Waals surface area contributed by atoms with Crippen molar-refractivity contribution in [3.63, 3.8) is 0 Å². The zero-order valence-corrected chi connectivity index (χ0v) is 13.0. The zero-order chi connectivity index (χ0) is 17.9. The minimum Gasteiger partial charge on any atom is -0.394 e. The number of rotatable bonds is 6. The maximum Gasteiger partial charge on any atom is 0.360 e. The molecule has 1 aromatic heterocycles. The smallest absolute Gasteiger partial charge is 0.360 e. The van der Waals surface area contributed by atoms with Crippen LogP contribution in [0.15, 0.2) is 17.1 Å². The Morgan fingerprint density at radius 3 is 2.75 bits per heavy atom. The van der Waals surface area contributed by atoms with E-state index in [1.54, 1.807) is 0 Å². The monoisotopic (exact) mass is 345 g/mol. The second kappa shape index (κ2) is 7.68. The Labute approximate surface area is 136 Å². The predicted molar refractivity (Wildman–Crippen MR) is 77.7 cm³/mol. The van der Waals surface area contributed by atoms with Crippen molar-refractivity contribution in [3.05, 3.63) is 22.7 Å². The third-order valence-electron chi connectivity index (χ3n) is 3.56. The van der Waals surface area contributed by atoms with Gasteiger partial charge in [-0.1, -0.05) is 0 Å². The summed E-state index contributed by atoms with van der Waals surface area (Å²) in [4.78, 5) is 31.8. The highest BCUT2D eigenvalue weighted by Gasteiger charge is 2.43. The number of aliphatic hydroxyl groups excluding tert-OH is 3. The number of nitrogens with zero attached hydrogens (tertiary/aromatic N) is 2. The van der Waals surface area contributed by atoms with Gasteiger partial charge in [-0.15, -0.1) is 0 Å². The Morgan fingerprint density at radius 2 is 2.21 bits per heavy atom. The van der Waals surface area contributed by atoms with E-state index in [0.29, 0.717) is 0 Å². The van der Waals surface area contributed by atoms with E-state index in [1.165, 1.54) is 26.3 Å². The molecule has 2 rings (SSSR count). The molecule has 0 bridgehead atoms. The predicted octanol–water partition coefficient (Wildman–Crippen LogP) is -2.24. The van der Waals surface area contributed by atoms with Crippen molar-refractivity contribution in [2.24, 2.45) is 0 Å². The molecule has 2 heterocycles. The fraction of sp³-hybridized carbons (Fsp3) is 0.615. The fourth-order valence-corrected chi connectivity index (χ4v) is 2.05. The lowest BCUT2D eigenvalue weighted by Crippen LogP contribution is -2.36. The molecular weight excluding hydrogens is 326 g/mol. The molecule has 1 fully saturated rings.